The summed E-state index contributed by atoms with van der Waals surface area (Å²) in [5, 5.41) is 3.70. The highest BCUT2D eigenvalue weighted by Crippen LogP contribution is 2.32. The maximum Gasteiger partial charge on any atom is 0.331 e. The summed E-state index contributed by atoms with van der Waals surface area (Å²) in [4.78, 5) is 38.8. The molecular weight excluding hydrogens is 458 g/mol. The van der Waals surface area contributed by atoms with Gasteiger partial charge in [0, 0.05) is 24.2 Å². The Kier molecular flexibility index (Phi) is 5.59. The number of fused-ring (bicyclic) bond motifs is 2. The van der Waals surface area contributed by atoms with Gasteiger partial charge in [0.2, 0.25) is 6.79 Å². The van der Waals surface area contributed by atoms with Crippen LogP contribution < -0.4 is 26.0 Å². The van der Waals surface area contributed by atoms with Crippen LogP contribution in [-0.4, -0.2) is 21.8 Å². The normalized spacial score (nSPS) is 12.2. The van der Waals surface area contributed by atoms with Gasteiger partial charge in [-0.2, -0.15) is 0 Å². The zero-order valence-electron chi connectivity index (χ0n) is 18.2. The number of hydrogen-bond acceptors (Lipinski definition) is 5. The maximum atomic E-state index is 13.2. The average molecular weight is 478 g/mol. The number of benzene rings is 3. The van der Waals surface area contributed by atoms with Crippen LogP contribution in [0.1, 0.15) is 21.5 Å². The summed E-state index contributed by atoms with van der Waals surface area (Å²) < 4.78 is 13.2. The van der Waals surface area contributed by atoms with Crippen molar-refractivity contribution >= 4 is 28.4 Å². The number of aromatic nitrogens is 2. The molecule has 1 aromatic heterocycles. The summed E-state index contributed by atoms with van der Waals surface area (Å²) in [7, 11) is 1.60. The Balaban J connectivity index is 1.43. The number of rotatable bonds is 5. The zero-order chi connectivity index (χ0) is 23.8. The number of carbonyl (C=O) groups is 1. The van der Waals surface area contributed by atoms with E-state index in [4.69, 9.17) is 21.1 Å². The van der Waals surface area contributed by atoms with E-state index in [9.17, 15) is 14.4 Å². The Morgan fingerprint density at radius 2 is 1.71 bits per heavy atom. The molecule has 172 valence electrons. The first-order chi connectivity index (χ1) is 16.4. The molecule has 0 saturated carbocycles. The number of hydrogen-bond donors (Lipinski definition) is 1. The zero-order valence-corrected chi connectivity index (χ0v) is 19.0. The van der Waals surface area contributed by atoms with Gasteiger partial charge < -0.3 is 14.8 Å². The molecule has 0 atom stereocenters. The highest BCUT2D eigenvalue weighted by molar-refractivity contribution is 6.30. The van der Waals surface area contributed by atoms with E-state index >= 15 is 0 Å². The monoisotopic (exact) mass is 477 g/mol. The lowest BCUT2D eigenvalue weighted by Crippen LogP contribution is -2.39. The molecule has 1 aliphatic heterocycles. The van der Waals surface area contributed by atoms with E-state index in [2.05, 4.69) is 5.32 Å². The second kappa shape index (κ2) is 8.72. The predicted octanol–water partition coefficient (Wildman–Crippen LogP) is 3.06. The summed E-state index contributed by atoms with van der Waals surface area (Å²) in [6.45, 7) is 0.557. The van der Waals surface area contributed by atoms with Crippen LogP contribution in [0.15, 0.2) is 70.3 Å². The Morgan fingerprint density at radius 3 is 2.50 bits per heavy atom. The molecule has 5 rings (SSSR count). The number of amides is 1. The Bertz CT molecular complexity index is 1540. The largest absolute Gasteiger partial charge is 0.454 e. The lowest BCUT2D eigenvalue weighted by atomic mass is 10.1. The van der Waals surface area contributed by atoms with Gasteiger partial charge in [-0.15, -0.1) is 0 Å². The van der Waals surface area contributed by atoms with Crippen LogP contribution >= 0.6 is 11.6 Å². The van der Waals surface area contributed by atoms with Crippen LogP contribution in [0.3, 0.4) is 0 Å². The molecule has 1 amide bonds. The van der Waals surface area contributed by atoms with Crippen molar-refractivity contribution in [3.05, 3.63) is 103 Å². The molecule has 0 spiro atoms. The minimum atomic E-state index is -0.460. The first kappa shape index (κ1) is 21.8. The molecule has 0 radical (unpaired) electrons. The highest BCUT2D eigenvalue weighted by atomic mass is 35.5. The molecule has 2 heterocycles. The van der Waals surface area contributed by atoms with Gasteiger partial charge in [0.1, 0.15) is 0 Å². The molecule has 0 saturated heterocycles. The van der Waals surface area contributed by atoms with Gasteiger partial charge in [-0.25, -0.2) is 4.79 Å². The highest BCUT2D eigenvalue weighted by Gasteiger charge is 2.16. The van der Waals surface area contributed by atoms with Crippen LogP contribution in [0, 0.1) is 0 Å². The number of carbonyl (C=O) groups excluding carboxylic acids is 1. The second-order valence-corrected chi connectivity index (χ2v) is 8.40. The first-order valence-corrected chi connectivity index (χ1v) is 10.9. The molecule has 34 heavy (non-hydrogen) atoms. The molecule has 8 nitrogen and oxygen atoms in total. The van der Waals surface area contributed by atoms with Gasteiger partial charge in [-0.1, -0.05) is 29.8 Å². The summed E-state index contributed by atoms with van der Waals surface area (Å²) in [6, 6.07) is 17.1. The molecule has 1 aliphatic rings. The lowest BCUT2D eigenvalue weighted by Gasteiger charge is -2.12. The second-order valence-electron chi connectivity index (χ2n) is 7.96. The molecule has 0 unspecified atom stereocenters. The van der Waals surface area contributed by atoms with Crippen LogP contribution in [0.5, 0.6) is 11.5 Å². The Hall–Kier alpha value is -4.04. The van der Waals surface area contributed by atoms with Crippen molar-refractivity contribution in [2.75, 3.05) is 6.79 Å². The van der Waals surface area contributed by atoms with E-state index in [1.54, 1.807) is 49.5 Å². The fraction of sp³-hybridized carbons (Fsp3) is 0.160. The van der Waals surface area contributed by atoms with Crippen molar-refractivity contribution in [3.8, 4) is 11.5 Å². The van der Waals surface area contributed by atoms with Crippen molar-refractivity contribution < 1.29 is 14.3 Å². The molecule has 4 aromatic rings. The van der Waals surface area contributed by atoms with Gasteiger partial charge in [-0.05, 0) is 53.6 Å². The Labute approximate surface area is 198 Å². The number of nitrogens with zero attached hydrogens (tertiary/aromatic N) is 2. The van der Waals surface area contributed by atoms with Crippen LogP contribution in [0.4, 0.5) is 0 Å². The molecule has 0 bridgehead atoms. The van der Waals surface area contributed by atoms with Gasteiger partial charge >= 0.3 is 5.69 Å². The number of aryl methyl sites for hydroxylation is 1. The van der Waals surface area contributed by atoms with E-state index in [0.29, 0.717) is 27.6 Å². The predicted molar refractivity (Wildman–Crippen MR) is 128 cm³/mol. The third kappa shape index (κ3) is 4.04. The van der Waals surface area contributed by atoms with Crippen molar-refractivity contribution in [2.45, 2.75) is 13.1 Å². The molecule has 1 N–H and O–H groups in total. The van der Waals surface area contributed by atoms with Crippen molar-refractivity contribution in [1.29, 1.82) is 0 Å². The number of nitrogens with one attached hydrogen (secondary N) is 1. The van der Waals surface area contributed by atoms with E-state index in [0.717, 1.165) is 15.7 Å². The minimum Gasteiger partial charge on any atom is -0.454 e. The first-order valence-electron chi connectivity index (χ1n) is 10.6. The van der Waals surface area contributed by atoms with Crippen molar-refractivity contribution in [3.63, 3.8) is 0 Å². The standard InChI is InChI=1S/C25H20ClN3O5/c1-28-20-8-5-17(23(30)27-12-16-4-9-21-22(10-16)34-14-33-21)11-19(20)24(31)29(25(28)32)13-15-2-6-18(26)7-3-15/h2-11H,12-14H2,1H3,(H,27,30). The summed E-state index contributed by atoms with van der Waals surface area (Å²) in [5.74, 6) is 0.974. The van der Waals surface area contributed by atoms with E-state index in [-0.39, 0.29) is 31.2 Å². The average Bonchev–Trinajstić information content (AvgIpc) is 3.32. The van der Waals surface area contributed by atoms with E-state index in [1.807, 2.05) is 12.1 Å². The van der Waals surface area contributed by atoms with Gasteiger partial charge in [0.15, 0.2) is 11.5 Å². The summed E-state index contributed by atoms with van der Waals surface area (Å²) in [6.07, 6.45) is 0. The number of halogens is 1. The van der Waals surface area contributed by atoms with Gasteiger partial charge in [0.05, 0.1) is 17.4 Å². The summed E-state index contributed by atoms with van der Waals surface area (Å²) in [5.41, 5.74) is 1.49. The quantitative estimate of drug-likeness (QED) is 0.477. The maximum absolute atomic E-state index is 13.2. The molecule has 3 aromatic carbocycles. The van der Waals surface area contributed by atoms with Gasteiger partial charge in [0.25, 0.3) is 11.5 Å². The Morgan fingerprint density at radius 1 is 0.971 bits per heavy atom. The SMILES string of the molecule is Cn1c(=O)n(Cc2ccc(Cl)cc2)c(=O)c2cc(C(=O)NCc3ccc4c(c3)OCO4)ccc21. The minimum absolute atomic E-state index is 0.0964. The summed E-state index contributed by atoms with van der Waals surface area (Å²) >= 11 is 5.93. The fourth-order valence-electron chi connectivity index (χ4n) is 3.90. The molecular formula is C25H20ClN3O5. The molecule has 0 fully saturated rings. The van der Waals surface area contributed by atoms with E-state index in [1.165, 1.54) is 10.6 Å². The van der Waals surface area contributed by atoms with E-state index < -0.39 is 11.2 Å². The van der Waals surface area contributed by atoms with Crippen molar-refractivity contribution in [2.24, 2.45) is 7.05 Å². The van der Waals surface area contributed by atoms with Crippen LogP contribution in [0.25, 0.3) is 10.9 Å². The van der Waals surface area contributed by atoms with Crippen LogP contribution in [0.2, 0.25) is 5.02 Å². The third-order valence-electron chi connectivity index (χ3n) is 5.76. The molecule has 9 heteroatoms. The third-order valence-corrected chi connectivity index (χ3v) is 6.01. The van der Waals surface area contributed by atoms with Crippen molar-refractivity contribution in [1.82, 2.24) is 14.5 Å². The number of ether oxygens (including phenoxy) is 2. The fourth-order valence-corrected chi connectivity index (χ4v) is 4.03. The van der Waals surface area contributed by atoms with Crippen LogP contribution in [-0.2, 0) is 20.1 Å². The van der Waals surface area contributed by atoms with Gasteiger partial charge in [-0.3, -0.25) is 18.7 Å². The smallest absolute Gasteiger partial charge is 0.331 e. The topological polar surface area (TPSA) is 91.6 Å². The lowest BCUT2D eigenvalue weighted by molar-refractivity contribution is 0.0951. The molecule has 0 aliphatic carbocycles.